The lowest BCUT2D eigenvalue weighted by molar-refractivity contribution is -0.129. The predicted molar refractivity (Wildman–Crippen MR) is 140 cm³/mol. The molecule has 4 N–H and O–H groups in total. The molecule has 0 spiro atoms. The lowest BCUT2D eigenvalue weighted by Gasteiger charge is -2.39. The molecule has 1 aliphatic carbocycles. The lowest BCUT2D eigenvalue weighted by atomic mass is 9.71. The van der Waals surface area contributed by atoms with Gasteiger partial charge in [0.25, 0.3) is 10.0 Å². The first-order valence-electron chi connectivity index (χ1n) is 11.4. The van der Waals surface area contributed by atoms with Crippen molar-refractivity contribution in [2.24, 2.45) is 10.3 Å². The Kier molecular flexibility index (Phi) is 6.92. The van der Waals surface area contributed by atoms with Gasteiger partial charge < -0.3 is 15.3 Å². The molecule has 0 unspecified atom stereocenters. The van der Waals surface area contributed by atoms with E-state index in [4.69, 9.17) is 4.84 Å². The number of hydroxylamine groups is 1. The smallest absolute Gasteiger partial charge is 0.286 e. The van der Waals surface area contributed by atoms with Gasteiger partial charge in [-0.2, -0.15) is 13.9 Å². The zero-order valence-electron chi connectivity index (χ0n) is 20.7. The van der Waals surface area contributed by atoms with Crippen LogP contribution < -0.4 is 15.5 Å². The third-order valence-corrected chi connectivity index (χ3v) is 8.05. The molecule has 2 aromatic carbocycles. The molecule has 0 amide bonds. The molecule has 13 heteroatoms. The molecular weight excluding hydrogens is 520 g/mol. The third kappa shape index (κ3) is 4.99. The highest BCUT2D eigenvalue weighted by Gasteiger charge is 2.50. The first kappa shape index (κ1) is 26.8. The van der Waals surface area contributed by atoms with Gasteiger partial charge >= 0.3 is 0 Å². The van der Waals surface area contributed by atoms with Gasteiger partial charge in [-0.25, -0.2) is 8.42 Å². The molecule has 0 aromatic heterocycles. The van der Waals surface area contributed by atoms with E-state index in [1.807, 2.05) is 13.8 Å². The SMILES string of the molecule is CON[C@]1(CCC(C)C)C(=O)C(C2=NS(=O)(=O)c3cc(NS(C)(=O)=O)ccc3N2)=C(O)c2ccccc21. The van der Waals surface area contributed by atoms with E-state index in [0.29, 0.717) is 24.0 Å². The van der Waals surface area contributed by atoms with Gasteiger partial charge in [0.05, 0.1) is 19.1 Å². The van der Waals surface area contributed by atoms with Crippen molar-refractivity contribution < 1.29 is 31.6 Å². The normalized spacial score (nSPS) is 20.7. The highest BCUT2D eigenvalue weighted by Crippen LogP contribution is 2.43. The number of sulfonamides is 2. The van der Waals surface area contributed by atoms with Crippen LogP contribution in [0.5, 0.6) is 0 Å². The number of aliphatic hydroxyl groups is 1. The molecule has 1 heterocycles. The van der Waals surface area contributed by atoms with Crippen molar-refractivity contribution in [2.45, 2.75) is 37.1 Å². The molecule has 0 fully saturated rings. The minimum Gasteiger partial charge on any atom is -0.506 e. The molecule has 0 saturated heterocycles. The van der Waals surface area contributed by atoms with Gasteiger partial charge in [-0.05, 0) is 42.5 Å². The number of Topliss-reactive ketones (excluding diaryl/α,β-unsaturated/α-hetero) is 1. The van der Waals surface area contributed by atoms with Crippen LogP contribution in [0.25, 0.3) is 5.76 Å². The van der Waals surface area contributed by atoms with Crippen molar-refractivity contribution in [1.82, 2.24) is 5.48 Å². The Morgan fingerprint density at radius 1 is 1.19 bits per heavy atom. The van der Waals surface area contributed by atoms with E-state index in [1.165, 1.54) is 19.2 Å². The number of nitrogens with zero attached hydrogens (tertiary/aromatic N) is 1. The third-order valence-electron chi connectivity index (χ3n) is 6.13. The molecule has 2 aromatic rings. The number of rotatable bonds is 8. The van der Waals surface area contributed by atoms with Crippen LogP contribution in [0.2, 0.25) is 0 Å². The number of hydrogen-bond donors (Lipinski definition) is 4. The maximum absolute atomic E-state index is 14.1. The minimum atomic E-state index is -4.38. The predicted octanol–water partition coefficient (Wildman–Crippen LogP) is 2.91. The Morgan fingerprint density at radius 2 is 1.89 bits per heavy atom. The number of nitrogens with one attached hydrogen (secondary N) is 3. The first-order chi connectivity index (χ1) is 17.3. The van der Waals surface area contributed by atoms with Crippen molar-refractivity contribution in [2.75, 3.05) is 23.4 Å². The zero-order chi connectivity index (χ0) is 27.2. The van der Waals surface area contributed by atoms with Gasteiger partial charge in [-0.15, -0.1) is 4.40 Å². The molecule has 11 nitrogen and oxygen atoms in total. The van der Waals surface area contributed by atoms with Crippen LogP contribution in [0, 0.1) is 5.92 Å². The van der Waals surface area contributed by atoms with E-state index in [-0.39, 0.29) is 33.6 Å². The quantitative estimate of drug-likeness (QED) is 0.363. The fourth-order valence-electron chi connectivity index (χ4n) is 4.48. The lowest BCUT2D eigenvalue weighted by Crippen LogP contribution is -2.53. The summed E-state index contributed by atoms with van der Waals surface area (Å²) in [5.41, 5.74) is 2.06. The molecule has 0 saturated carbocycles. The zero-order valence-corrected chi connectivity index (χ0v) is 22.3. The average Bonchev–Trinajstić information content (AvgIpc) is 2.80. The summed E-state index contributed by atoms with van der Waals surface area (Å²) in [6.07, 6.45) is 1.88. The summed E-state index contributed by atoms with van der Waals surface area (Å²) in [4.78, 5) is 19.1. The summed E-state index contributed by atoms with van der Waals surface area (Å²) in [6, 6.07) is 10.6. The molecule has 198 valence electrons. The number of fused-ring (bicyclic) bond motifs is 2. The number of carbonyl (C=O) groups excluding carboxylic acids is 1. The summed E-state index contributed by atoms with van der Waals surface area (Å²) in [6.45, 7) is 4.02. The van der Waals surface area contributed by atoms with Crippen molar-refractivity contribution in [1.29, 1.82) is 0 Å². The molecule has 0 radical (unpaired) electrons. The Labute approximate surface area is 215 Å². The Balaban J connectivity index is 1.87. The minimum absolute atomic E-state index is 0.0343. The summed E-state index contributed by atoms with van der Waals surface area (Å²) in [7, 11) is -6.64. The fraction of sp³-hybridized carbons (Fsp3) is 0.333. The highest BCUT2D eigenvalue weighted by atomic mass is 32.2. The Morgan fingerprint density at radius 3 is 2.54 bits per heavy atom. The van der Waals surface area contributed by atoms with Gasteiger partial charge in [-0.3, -0.25) is 9.52 Å². The van der Waals surface area contributed by atoms with E-state index >= 15 is 0 Å². The molecule has 2 aliphatic rings. The van der Waals surface area contributed by atoms with Crippen LogP contribution >= 0.6 is 0 Å². The van der Waals surface area contributed by atoms with Crippen molar-refractivity contribution in [3.63, 3.8) is 0 Å². The van der Waals surface area contributed by atoms with Crippen molar-refractivity contribution in [3.05, 3.63) is 59.2 Å². The summed E-state index contributed by atoms with van der Waals surface area (Å²) in [5.74, 6) is -1.13. The maximum atomic E-state index is 14.1. The maximum Gasteiger partial charge on any atom is 0.286 e. The van der Waals surface area contributed by atoms with Gasteiger partial charge in [0.2, 0.25) is 10.0 Å². The van der Waals surface area contributed by atoms with E-state index < -0.39 is 37.1 Å². The summed E-state index contributed by atoms with van der Waals surface area (Å²) in [5, 5.41) is 14.0. The van der Waals surface area contributed by atoms with Gasteiger partial charge in [-0.1, -0.05) is 38.1 Å². The van der Waals surface area contributed by atoms with Crippen LogP contribution in [-0.2, 0) is 35.2 Å². The number of ketones is 1. The Bertz CT molecular complexity index is 1550. The second-order valence-corrected chi connectivity index (χ2v) is 12.7. The van der Waals surface area contributed by atoms with Crippen molar-refractivity contribution >= 4 is 48.8 Å². The van der Waals surface area contributed by atoms with Crippen molar-refractivity contribution in [3.8, 4) is 0 Å². The van der Waals surface area contributed by atoms with Gasteiger partial charge in [0, 0.05) is 11.3 Å². The summed E-state index contributed by atoms with van der Waals surface area (Å²) < 4.78 is 55.5. The summed E-state index contributed by atoms with van der Waals surface area (Å²) >= 11 is 0. The van der Waals surface area contributed by atoms with Gasteiger partial charge in [0.1, 0.15) is 21.8 Å². The van der Waals surface area contributed by atoms with Crippen LogP contribution in [-0.4, -0.2) is 46.9 Å². The van der Waals surface area contributed by atoms with Crippen LogP contribution in [0.1, 0.15) is 37.8 Å². The second-order valence-electron chi connectivity index (χ2n) is 9.37. The first-order valence-corrected chi connectivity index (χ1v) is 14.7. The van der Waals surface area contributed by atoms with Gasteiger partial charge in [0.15, 0.2) is 11.6 Å². The van der Waals surface area contributed by atoms with E-state index in [0.717, 1.165) is 12.3 Å². The standard InChI is InChI=1S/C24H28N4O7S2/c1-14(2)11-12-24(28-35-3)17-8-6-5-7-16(17)21(29)20(22(24)30)23-25-18-10-9-15(26-36(4,31)32)13-19(18)37(33,34)27-23/h5-10,13-14,26,28-29H,11-12H2,1-4H3,(H,25,27)/t24-/m0/s1. The molecule has 37 heavy (non-hydrogen) atoms. The van der Waals surface area contributed by atoms with E-state index in [1.54, 1.807) is 24.3 Å². The molecule has 1 aliphatic heterocycles. The van der Waals surface area contributed by atoms with E-state index in [9.17, 15) is 26.7 Å². The average molecular weight is 549 g/mol. The molecule has 1 atom stereocenters. The topological polar surface area (TPSA) is 163 Å². The number of aliphatic hydroxyl groups excluding tert-OH is 1. The van der Waals surface area contributed by atoms with E-state index in [2.05, 4.69) is 19.9 Å². The largest absolute Gasteiger partial charge is 0.506 e. The van der Waals surface area contributed by atoms with Crippen LogP contribution in [0.15, 0.2) is 57.3 Å². The van der Waals surface area contributed by atoms with Crippen LogP contribution in [0.4, 0.5) is 11.4 Å². The number of carbonyl (C=O) groups is 1. The number of hydrogen-bond acceptors (Lipinski definition) is 9. The molecule has 4 rings (SSSR count). The monoisotopic (exact) mass is 548 g/mol. The Hall–Kier alpha value is -3.26. The second kappa shape index (κ2) is 9.56. The number of anilines is 2. The fourth-order valence-corrected chi connectivity index (χ4v) is 6.19. The molecular formula is C24H28N4O7S2. The number of amidine groups is 1. The number of benzene rings is 2. The molecule has 0 bridgehead atoms. The van der Waals surface area contributed by atoms with Crippen LogP contribution in [0.3, 0.4) is 0 Å². The highest BCUT2D eigenvalue weighted by molar-refractivity contribution is 7.92.